The summed E-state index contributed by atoms with van der Waals surface area (Å²) in [6, 6.07) is 11.7. The summed E-state index contributed by atoms with van der Waals surface area (Å²) in [5.41, 5.74) is 1.52. The Bertz CT molecular complexity index is 315. The third-order valence-electron chi connectivity index (χ3n) is 3.67. The predicted molar refractivity (Wildman–Crippen MR) is 62.9 cm³/mol. The second-order valence-corrected chi connectivity index (χ2v) is 5.05. The lowest BCUT2D eigenvalue weighted by Crippen LogP contribution is -2.19. The van der Waals surface area contributed by atoms with Gasteiger partial charge in [-0.1, -0.05) is 43.2 Å². The monoisotopic (exact) mass is 201 g/mol. The molecule has 2 aliphatic carbocycles. The van der Waals surface area contributed by atoms with Crippen LogP contribution in [0.1, 0.15) is 37.2 Å². The van der Waals surface area contributed by atoms with Crippen molar-refractivity contribution >= 4 is 0 Å². The second kappa shape index (κ2) is 3.97. The molecule has 0 aromatic heterocycles. The van der Waals surface area contributed by atoms with Crippen LogP contribution in [0.2, 0.25) is 0 Å². The summed E-state index contributed by atoms with van der Waals surface area (Å²) in [7, 11) is 0. The van der Waals surface area contributed by atoms with Gasteiger partial charge in [-0.25, -0.2) is 0 Å². The highest BCUT2D eigenvalue weighted by molar-refractivity contribution is 5.27. The van der Waals surface area contributed by atoms with Gasteiger partial charge in [-0.2, -0.15) is 0 Å². The molecule has 15 heavy (non-hydrogen) atoms. The van der Waals surface area contributed by atoms with Crippen LogP contribution in [0.25, 0.3) is 0 Å². The van der Waals surface area contributed by atoms with E-state index in [0.717, 1.165) is 17.9 Å². The topological polar surface area (TPSA) is 12.0 Å². The van der Waals surface area contributed by atoms with Crippen molar-refractivity contribution in [1.82, 2.24) is 5.32 Å². The highest BCUT2D eigenvalue weighted by Crippen LogP contribution is 2.41. The zero-order chi connectivity index (χ0) is 10.1. The molecule has 0 spiro atoms. The number of hydrogen-bond acceptors (Lipinski definition) is 1. The maximum Gasteiger partial charge on any atom is 0.0143 e. The SMILES string of the molecule is c1ccc(C2CC2NCCC2CC2)cc1. The molecule has 2 saturated carbocycles. The molecule has 80 valence electrons. The number of benzene rings is 1. The minimum atomic E-state index is 0.770. The third kappa shape index (κ3) is 2.40. The highest BCUT2D eigenvalue weighted by atomic mass is 15.0. The van der Waals surface area contributed by atoms with Gasteiger partial charge >= 0.3 is 0 Å². The Balaban J connectivity index is 1.43. The van der Waals surface area contributed by atoms with E-state index in [4.69, 9.17) is 0 Å². The van der Waals surface area contributed by atoms with Crippen molar-refractivity contribution in [3.8, 4) is 0 Å². The van der Waals surface area contributed by atoms with Gasteiger partial charge in [0, 0.05) is 12.0 Å². The summed E-state index contributed by atoms with van der Waals surface area (Å²) in [5.74, 6) is 1.86. The van der Waals surface area contributed by atoms with Crippen molar-refractivity contribution < 1.29 is 0 Å². The highest BCUT2D eigenvalue weighted by Gasteiger charge is 2.37. The van der Waals surface area contributed by atoms with Gasteiger partial charge in [0.2, 0.25) is 0 Å². The van der Waals surface area contributed by atoms with E-state index in [9.17, 15) is 0 Å². The summed E-state index contributed by atoms with van der Waals surface area (Å²) >= 11 is 0. The lowest BCUT2D eigenvalue weighted by molar-refractivity contribution is 0.602. The summed E-state index contributed by atoms with van der Waals surface area (Å²) in [6.45, 7) is 1.23. The van der Waals surface area contributed by atoms with Crippen LogP contribution in [0.5, 0.6) is 0 Å². The van der Waals surface area contributed by atoms with Crippen LogP contribution in [-0.2, 0) is 0 Å². The van der Waals surface area contributed by atoms with Crippen LogP contribution in [-0.4, -0.2) is 12.6 Å². The Morgan fingerprint density at radius 2 is 1.93 bits per heavy atom. The van der Waals surface area contributed by atoms with Crippen LogP contribution >= 0.6 is 0 Å². The Hall–Kier alpha value is -0.820. The van der Waals surface area contributed by atoms with E-state index in [-0.39, 0.29) is 0 Å². The van der Waals surface area contributed by atoms with Crippen molar-refractivity contribution in [3.63, 3.8) is 0 Å². The van der Waals surface area contributed by atoms with E-state index >= 15 is 0 Å². The minimum Gasteiger partial charge on any atom is -0.313 e. The zero-order valence-electron chi connectivity index (χ0n) is 9.15. The molecule has 0 radical (unpaired) electrons. The number of nitrogens with one attached hydrogen (secondary N) is 1. The van der Waals surface area contributed by atoms with Crippen LogP contribution in [0.4, 0.5) is 0 Å². The summed E-state index contributed by atoms with van der Waals surface area (Å²) in [6.07, 6.45) is 5.70. The zero-order valence-corrected chi connectivity index (χ0v) is 9.15. The van der Waals surface area contributed by atoms with E-state index in [1.807, 2.05) is 0 Å². The Labute approximate surface area is 91.9 Å². The molecule has 1 N–H and O–H groups in total. The van der Waals surface area contributed by atoms with Crippen molar-refractivity contribution in [3.05, 3.63) is 35.9 Å². The molecule has 3 rings (SSSR count). The van der Waals surface area contributed by atoms with Gasteiger partial charge in [-0.3, -0.25) is 0 Å². The van der Waals surface area contributed by atoms with E-state index < -0.39 is 0 Å². The Morgan fingerprint density at radius 3 is 2.67 bits per heavy atom. The van der Waals surface area contributed by atoms with Crippen LogP contribution < -0.4 is 5.32 Å². The van der Waals surface area contributed by atoms with E-state index in [1.54, 1.807) is 0 Å². The molecule has 1 aromatic rings. The first kappa shape index (κ1) is 9.41. The van der Waals surface area contributed by atoms with E-state index in [2.05, 4.69) is 35.6 Å². The first-order valence-corrected chi connectivity index (χ1v) is 6.22. The smallest absolute Gasteiger partial charge is 0.0143 e. The van der Waals surface area contributed by atoms with Gasteiger partial charge in [0.25, 0.3) is 0 Å². The van der Waals surface area contributed by atoms with Gasteiger partial charge in [0.05, 0.1) is 0 Å². The summed E-state index contributed by atoms with van der Waals surface area (Å²) in [5, 5.41) is 3.68. The van der Waals surface area contributed by atoms with Crippen LogP contribution in [0, 0.1) is 5.92 Å². The average Bonchev–Trinajstić information content (AvgIpc) is 3.13. The molecule has 0 amide bonds. The van der Waals surface area contributed by atoms with Crippen molar-refractivity contribution in [1.29, 1.82) is 0 Å². The fourth-order valence-corrected chi connectivity index (χ4v) is 2.37. The standard InChI is InChI=1S/C14H19N/c1-2-4-12(5-3-1)13-10-14(13)15-9-8-11-6-7-11/h1-5,11,13-15H,6-10H2. The number of hydrogen-bond donors (Lipinski definition) is 1. The molecule has 2 fully saturated rings. The molecule has 1 nitrogen and oxygen atoms in total. The third-order valence-corrected chi connectivity index (χ3v) is 3.67. The van der Waals surface area contributed by atoms with Crippen LogP contribution in [0.15, 0.2) is 30.3 Å². The lowest BCUT2D eigenvalue weighted by atomic mass is 10.1. The van der Waals surface area contributed by atoms with Crippen molar-refractivity contribution in [2.75, 3.05) is 6.54 Å². The normalized spacial score (nSPS) is 29.1. The summed E-state index contributed by atoms with van der Waals surface area (Å²) in [4.78, 5) is 0. The van der Waals surface area contributed by atoms with Gasteiger partial charge in [-0.05, 0) is 30.9 Å². The first-order chi connectivity index (χ1) is 7.43. The molecule has 0 heterocycles. The second-order valence-electron chi connectivity index (χ2n) is 5.05. The molecular weight excluding hydrogens is 182 g/mol. The van der Waals surface area contributed by atoms with Gasteiger partial charge in [0.15, 0.2) is 0 Å². The summed E-state index contributed by atoms with van der Waals surface area (Å²) < 4.78 is 0. The largest absolute Gasteiger partial charge is 0.313 e. The molecule has 0 bridgehead atoms. The molecule has 2 unspecified atom stereocenters. The van der Waals surface area contributed by atoms with E-state index in [1.165, 1.54) is 37.8 Å². The maximum absolute atomic E-state index is 3.68. The van der Waals surface area contributed by atoms with Gasteiger partial charge < -0.3 is 5.32 Å². The molecule has 2 aliphatic rings. The molecule has 1 aromatic carbocycles. The molecule has 2 atom stereocenters. The Kier molecular flexibility index (Phi) is 2.49. The fraction of sp³-hybridized carbons (Fsp3) is 0.571. The molecule has 0 aliphatic heterocycles. The Morgan fingerprint density at radius 1 is 1.13 bits per heavy atom. The lowest BCUT2D eigenvalue weighted by Gasteiger charge is -2.03. The van der Waals surface area contributed by atoms with Gasteiger partial charge in [-0.15, -0.1) is 0 Å². The van der Waals surface area contributed by atoms with Gasteiger partial charge in [0.1, 0.15) is 0 Å². The number of rotatable bonds is 5. The van der Waals surface area contributed by atoms with E-state index in [0.29, 0.717) is 0 Å². The molecular formula is C14H19N. The quantitative estimate of drug-likeness (QED) is 0.772. The average molecular weight is 201 g/mol. The minimum absolute atomic E-state index is 0.770. The molecule has 1 heteroatoms. The maximum atomic E-state index is 3.68. The van der Waals surface area contributed by atoms with Crippen molar-refractivity contribution in [2.45, 2.75) is 37.6 Å². The van der Waals surface area contributed by atoms with Crippen molar-refractivity contribution in [2.24, 2.45) is 5.92 Å². The molecule has 0 saturated heterocycles. The van der Waals surface area contributed by atoms with Crippen LogP contribution in [0.3, 0.4) is 0 Å². The predicted octanol–water partition coefficient (Wildman–Crippen LogP) is 2.93. The first-order valence-electron chi connectivity index (χ1n) is 6.22. The fourth-order valence-electron chi connectivity index (χ4n) is 2.37.